The lowest BCUT2D eigenvalue weighted by atomic mass is 9.93. The zero-order valence-corrected chi connectivity index (χ0v) is 21.1. The molecule has 8 heteroatoms. The van der Waals surface area contributed by atoms with Gasteiger partial charge >= 0.3 is 0 Å². The van der Waals surface area contributed by atoms with E-state index < -0.39 is 0 Å². The van der Waals surface area contributed by atoms with Crippen molar-refractivity contribution in [3.05, 3.63) is 65.6 Å². The molecule has 0 bridgehead atoms. The normalized spacial score (nSPS) is 17.6. The monoisotopic (exact) mass is 473 g/mol. The van der Waals surface area contributed by atoms with E-state index in [1.807, 2.05) is 29.8 Å². The highest BCUT2D eigenvalue weighted by atomic mass is 16.1. The lowest BCUT2D eigenvalue weighted by Gasteiger charge is -2.33. The number of carbonyl (C=O) groups is 1. The minimum atomic E-state index is -0.257. The number of hydrazone groups is 1. The third-order valence-corrected chi connectivity index (χ3v) is 6.62. The summed E-state index contributed by atoms with van der Waals surface area (Å²) in [7, 11) is 0. The first-order valence-corrected chi connectivity index (χ1v) is 12.3. The molecule has 2 aliphatic heterocycles. The molecule has 0 aliphatic carbocycles. The molecule has 1 N–H and O–H groups in total. The number of nitrogens with zero attached hydrogens (tertiary/aromatic N) is 6. The molecule has 1 saturated heterocycles. The minimum absolute atomic E-state index is 0.257. The molecule has 1 fully saturated rings. The lowest BCUT2D eigenvalue weighted by Crippen LogP contribution is -2.37. The number of nitrogens with one attached hydrogen (secondary N) is 1. The fourth-order valence-electron chi connectivity index (χ4n) is 4.52. The quantitative estimate of drug-likeness (QED) is 0.601. The van der Waals surface area contributed by atoms with Crippen LogP contribution >= 0.6 is 0 Å². The second-order valence-electron chi connectivity index (χ2n) is 9.33. The van der Waals surface area contributed by atoms with E-state index in [4.69, 9.17) is 5.10 Å². The summed E-state index contributed by atoms with van der Waals surface area (Å²) in [5.74, 6) is 0.753. The number of piperidine rings is 1. The van der Waals surface area contributed by atoms with Gasteiger partial charge in [0, 0.05) is 30.4 Å². The summed E-state index contributed by atoms with van der Waals surface area (Å²) in [5, 5.41) is 14.0. The highest BCUT2D eigenvalue weighted by Crippen LogP contribution is 2.31. The van der Waals surface area contributed by atoms with Crippen LogP contribution in [-0.2, 0) is 4.79 Å². The number of aliphatic imine (C=N–C) groups is 1. The standard InChI is InChI=1S/C27H35N7O/c1-6-28-25-18-33(7-2)29-17-23(25)27(35)30-26-16-24(21-12-14-32(15-13-21)19(3)4)31-34(26)22-10-8-20(5)9-11-22/h6-11,16-17,19,21H,2,12-15,18H2,1,3-5H3,(H,30,35). The Morgan fingerprint density at radius 3 is 2.57 bits per heavy atom. The van der Waals surface area contributed by atoms with Crippen molar-refractivity contribution in [3.63, 3.8) is 0 Å². The van der Waals surface area contributed by atoms with E-state index in [-0.39, 0.29) is 5.91 Å². The number of benzene rings is 1. The van der Waals surface area contributed by atoms with Gasteiger partial charge in [-0.3, -0.25) is 14.8 Å². The van der Waals surface area contributed by atoms with E-state index in [1.165, 1.54) is 11.8 Å². The summed E-state index contributed by atoms with van der Waals surface area (Å²) in [6.45, 7) is 14.6. The number of rotatable bonds is 7. The van der Waals surface area contributed by atoms with Gasteiger partial charge in [0.15, 0.2) is 0 Å². The first kappa shape index (κ1) is 24.6. The van der Waals surface area contributed by atoms with Crippen LogP contribution < -0.4 is 5.32 Å². The molecule has 1 aromatic carbocycles. The van der Waals surface area contributed by atoms with Gasteiger partial charge in [0.2, 0.25) is 0 Å². The Hall–Kier alpha value is -3.52. The molecule has 1 aromatic heterocycles. The smallest absolute Gasteiger partial charge is 0.260 e. The highest BCUT2D eigenvalue weighted by molar-refractivity contribution is 6.18. The number of likely N-dealkylation sites (tertiary alicyclic amines) is 1. The Bertz CT molecular complexity index is 1150. The van der Waals surface area contributed by atoms with Gasteiger partial charge in [0.05, 0.1) is 35.4 Å². The summed E-state index contributed by atoms with van der Waals surface area (Å²) in [6, 6.07) is 10.7. The third kappa shape index (κ3) is 5.59. The molecule has 0 saturated carbocycles. The van der Waals surface area contributed by atoms with Gasteiger partial charge in [-0.25, -0.2) is 4.68 Å². The van der Waals surface area contributed by atoms with Crippen LogP contribution in [-0.4, -0.2) is 63.7 Å². The van der Waals surface area contributed by atoms with Crippen LogP contribution in [0.1, 0.15) is 50.8 Å². The molecule has 4 rings (SSSR count). The molecule has 0 radical (unpaired) electrons. The predicted octanol–water partition coefficient (Wildman–Crippen LogP) is 4.50. The van der Waals surface area contributed by atoms with E-state index in [1.54, 1.807) is 17.4 Å². The molecular weight excluding hydrogens is 438 g/mol. The topological polar surface area (TPSA) is 78.1 Å². The van der Waals surface area contributed by atoms with Crippen molar-refractivity contribution in [2.24, 2.45) is 10.1 Å². The van der Waals surface area contributed by atoms with Crippen molar-refractivity contribution in [2.45, 2.75) is 52.5 Å². The van der Waals surface area contributed by atoms with Gasteiger partial charge < -0.3 is 10.2 Å². The Balaban J connectivity index is 1.64. The first-order valence-electron chi connectivity index (χ1n) is 12.3. The maximum absolute atomic E-state index is 13.4. The zero-order valence-electron chi connectivity index (χ0n) is 21.1. The summed E-state index contributed by atoms with van der Waals surface area (Å²) < 4.78 is 1.83. The fourth-order valence-corrected chi connectivity index (χ4v) is 4.52. The van der Waals surface area contributed by atoms with Crippen LogP contribution in [0.15, 0.2) is 64.5 Å². The number of aryl methyl sites for hydroxylation is 1. The summed E-state index contributed by atoms with van der Waals surface area (Å²) in [5.41, 5.74) is 4.17. The van der Waals surface area contributed by atoms with Gasteiger partial charge in [0.25, 0.3) is 5.91 Å². The second kappa shape index (κ2) is 10.8. The number of hydrogen-bond acceptors (Lipinski definition) is 6. The molecule has 8 nitrogen and oxygen atoms in total. The first-order chi connectivity index (χ1) is 16.9. The van der Waals surface area contributed by atoms with Crippen LogP contribution in [0.4, 0.5) is 5.82 Å². The molecule has 0 spiro atoms. The molecule has 3 heterocycles. The molecule has 2 aromatic rings. The number of aromatic nitrogens is 2. The SMILES string of the molecule is C=CN1CC(N=CC)=C(C(=O)Nc2cc(C3CCN(C(C)C)CC3)nn2-c2ccc(C)cc2)C=N1. The Morgan fingerprint density at radius 1 is 1.23 bits per heavy atom. The average molecular weight is 474 g/mol. The largest absolute Gasteiger partial charge is 0.306 e. The van der Waals surface area contributed by atoms with Gasteiger partial charge in [-0.15, -0.1) is 0 Å². The van der Waals surface area contributed by atoms with Crippen molar-refractivity contribution < 1.29 is 4.79 Å². The fraction of sp³-hybridized carbons (Fsp3) is 0.407. The molecule has 35 heavy (non-hydrogen) atoms. The summed E-state index contributed by atoms with van der Waals surface area (Å²) in [4.78, 5) is 20.3. The van der Waals surface area contributed by atoms with Gasteiger partial charge in [-0.05, 0) is 65.8 Å². The predicted molar refractivity (Wildman–Crippen MR) is 142 cm³/mol. The summed E-state index contributed by atoms with van der Waals surface area (Å²) in [6.07, 6.45) is 6.95. The lowest BCUT2D eigenvalue weighted by molar-refractivity contribution is -0.112. The second-order valence-corrected chi connectivity index (χ2v) is 9.33. The zero-order chi connectivity index (χ0) is 24.9. The van der Waals surface area contributed by atoms with Crippen molar-refractivity contribution in [1.82, 2.24) is 19.7 Å². The average Bonchev–Trinajstić information content (AvgIpc) is 3.28. The molecule has 1 amide bonds. The Kier molecular flexibility index (Phi) is 7.60. The van der Waals surface area contributed by atoms with Crippen LogP contribution in [0, 0.1) is 6.92 Å². The van der Waals surface area contributed by atoms with Crippen molar-refractivity contribution >= 4 is 24.2 Å². The van der Waals surface area contributed by atoms with Gasteiger partial charge in [-0.1, -0.05) is 24.3 Å². The van der Waals surface area contributed by atoms with Crippen LogP contribution in [0.25, 0.3) is 5.69 Å². The van der Waals surface area contributed by atoms with E-state index in [0.717, 1.165) is 37.3 Å². The molecule has 2 aliphatic rings. The van der Waals surface area contributed by atoms with Crippen molar-refractivity contribution in [1.29, 1.82) is 0 Å². The van der Waals surface area contributed by atoms with Crippen LogP contribution in [0.2, 0.25) is 0 Å². The molecule has 0 unspecified atom stereocenters. The highest BCUT2D eigenvalue weighted by Gasteiger charge is 2.26. The van der Waals surface area contributed by atoms with E-state index in [2.05, 4.69) is 59.8 Å². The Labute approximate surface area is 207 Å². The molecule has 0 atom stereocenters. The number of amides is 1. The summed E-state index contributed by atoms with van der Waals surface area (Å²) >= 11 is 0. The van der Waals surface area contributed by atoms with Crippen LogP contribution in [0.5, 0.6) is 0 Å². The van der Waals surface area contributed by atoms with Crippen molar-refractivity contribution in [2.75, 3.05) is 25.0 Å². The Morgan fingerprint density at radius 2 is 1.94 bits per heavy atom. The number of carbonyl (C=O) groups excluding carboxylic acids is 1. The van der Waals surface area contributed by atoms with Crippen LogP contribution in [0.3, 0.4) is 0 Å². The molecular formula is C27H35N7O. The molecule has 184 valence electrons. The van der Waals surface area contributed by atoms with Crippen molar-refractivity contribution in [3.8, 4) is 5.69 Å². The van der Waals surface area contributed by atoms with E-state index >= 15 is 0 Å². The minimum Gasteiger partial charge on any atom is -0.306 e. The van der Waals surface area contributed by atoms with E-state index in [0.29, 0.717) is 35.6 Å². The maximum atomic E-state index is 13.4. The number of anilines is 1. The van der Waals surface area contributed by atoms with E-state index in [9.17, 15) is 4.79 Å². The maximum Gasteiger partial charge on any atom is 0.260 e. The third-order valence-electron chi connectivity index (χ3n) is 6.62. The van der Waals surface area contributed by atoms with Gasteiger partial charge in [-0.2, -0.15) is 10.2 Å². The number of hydrogen-bond donors (Lipinski definition) is 1. The van der Waals surface area contributed by atoms with Gasteiger partial charge in [0.1, 0.15) is 5.82 Å².